The molecule has 9 nitrogen and oxygen atoms in total. The average molecular weight is 511 g/mol. The number of ether oxygens (including phenoxy) is 1. The summed E-state index contributed by atoms with van der Waals surface area (Å²) in [4.78, 5) is 49.8. The van der Waals surface area contributed by atoms with Crippen LogP contribution in [0.1, 0.15) is 11.1 Å². The summed E-state index contributed by atoms with van der Waals surface area (Å²) in [6.45, 7) is 0.0276. The number of carbonyl (C=O) groups is 3. The lowest BCUT2D eigenvalue weighted by Gasteiger charge is -2.26. The number of barbiturate groups is 1. The van der Waals surface area contributed by atoms with Crippen LogP contribution in [0.15, 0.2) is 90.5 Å². The van der Waals surface area contributed by atoms with Gasteiger partial charge in [0.15, 0.2) is 0 Å². The fraction of sp³-hybridized carbons (Fsp3) is 0.0357. The Balaban J connectivity index is 1.56. The van der Waals surface area contributed by atoms with Crippen LogP contribution in [0.4, 0.5) is 20.6 Å². The minimum Gasteiger partial charge on any atom is -0.488 e. The normalized spacial score (nSPS) is 14.6. The molecule has 0 unspecified atom stereocenters. The van der Waals surface area contributed by atoms with E-state index in [-0.39, 0.29) is 23.6 Å². The van der Waals surface area contributed by atoms with E-state index in [1.807, 2.05) is 18.2 Å². The van der Waals surface area contributed by atoms with Crippen molar-refractivity contribution < 1.29 is 28.4 Å². The van der Waals surface area contributed by atoms with Crippen LogP contribution in [-0.2, 0) is 16.2 Å². The molecule has 1 N–H and O–H groups in total. The molecule has 4 amide bonds. The van der Waals surface area contributed by atoms with Gasteiger partial charge in [0.2, 0.25) is 0 Å². The van der Waals surface area contributed by atoms with E-state index in [0.717, 1.165) is 22.4 Å². The van der Waals surface area contributed by atoms with Crippen LogP contribution >= 0.6 is 0 Å². The number of anilines is 1. The van der Waals surface area contributed by atoms with Crippen LogP contribution in [0.2, 0.25) is 0 Å². The maximum absolute atomic E-state index is 13.6. The Morgan fingerprint density at radius 1 is 0.947 bits per heavy atom. The van der Waals surface area contributed by atoms with E-state index in [9.17, 15) is 28.9 Å². The highest BCUT2D eigenvalue weighted by molar-refractivity contribution is 6.39. The van der Waals surface area contributed by atoms with Gasteiger partial charge in [0.05, 0.1) is 10.6 Å². The molecule has 1 aliphatic heterocycles. The Labute approximate surface area is 214 Å². The summed E-state index contributed by atoms with van der Waals surface area (Å²) in [6.07, 6.45) is 1.34. The third-order valence-electron chi connectivity index (χ3n) is 5.92. The van der Waals surface area contributed by atoms with Crippen molar-refractivity contribution >= 4 is 46.1 Å². The van der Waals surface area contributed by atoms with Crippen LogP contribution in [0.3, 0.4) is 0 Å². The molecule has 0 radical (unpaired) electrons. The van der Waals surface area contributed by atoms with Gasteiger partial charge in [-0.25, -0.2) is 14.1 Å². The van der Waals surface area contributed by atoms with Crippen LogP contribution < -0.4 is 15.0 Å². The molecule has 10 heteroatoms. The Morgan fingerprint density at radius 2 is 1.71 bits per heavy atom. The van der Waals surface area contributed by atoms with Crippen molar-refractivity contribution in [3.8, 4) is 5.75 Å². The minimum atomic E-state index is -0.980. The van der Waals surface area contributed by atoms with E-state index in [0.29, 0.717) is 22.3 Å². The molecule has 4 aromatic carbocycles. The molecule has 0 bridgehead atoms. The SMILES string of the molecule is O=C1NC(=O)N(c2ccc([N+](=O)[O-])cc2)C(=O)/C1=C/c1c(OCc2cccc(F)c2)ccc2ccccc12. The molecule has 0 atom stereocenters. The Hall–Kier alpha value is -5.38. The first-order chi connectivity index (χ1) is 18.3. The number of urea groups is 1. The summed E-state index contributed by atoms with van der Waals surface area (Å²) in [5.74, 6) is -1.88. The second-order valence-electron chi connectivity index (χ2n) is 8.35. The number of nitro groups is 1. The van der Waals surface area contributed by atoms with E-state index < -0.39 is 28.6 Å². The molecule has 1 aliphatic rings. The highest BCUT2D eigenvalue weighted by Crippen LogP contribution is 2.32. The van der Waals surface area contributed by atoms with Gasteiger partial charge >= 0.3 is 6.03 Å². The summed E-state index contributed by atoms with van der Waals surface area (Å²) in [5, 5.41) is 14.6. The Bertz CT molecular complexity index is 1650. The van der Waals surface area contributed by atoms with E-state index in [1.165, 1.54) is 30.3 Å². The number of nitro benzene ring substituents is 1. The number of rotatable bonds is 6. The molecular weight excluding hydrogens is 493 g/mol. The van der Waals surface area contributed by atoms with Crippen LogP contribution in [0.5, 0.6) is 5.75 Å². The summed E-state index contributed by atoms with van der Waals surface area (Å²) in [7, 11) is 0. The molecule has 4 aromatic rings. The molecule has 1 saturated heterocycles. The standard InChI is InChI=1S/C28H18FN3O6/c29-19-6-3-4-17(14-19)16-38-25-13-8-18-5-1-2-7-22(18)23(25)15-24-26(33)30-28(35)31(27(24)34)20-9-11-21(12-10-20)32(36)37/h1-15H,16H2,(H,30,33,35)/b24-15+. The second-order valence-corrected chi connectivity index (χ2v) is 8.35. The minimum absolute atomic E-state index is 0.0276. The molecule has 188 valence electrons. The molecule has 38 heavy (non-hydrogen) atoms. The van der Waals surface area contributed by atoms with Gasteiger partial charge in [-0.05, 0) is 52.7 Å². The smallest absolute Gasteiger partial charge is 0.335 e. The lowest BCUT2D eigenvalue weighted by Crippen LogP contribution is -2.54. The van der Waals surface area contributed by atoms with Crippen LogP contribution in [0.25, 0.3) is 16.8 Å². The van der Waals surface area contributed by atoms with Crippen molar-refractivity contribution in [2.75, 3.05) is 4.90 Å². The lowest BCUT2D eigenvalue weighted by molar-refractivity contribution is -0.384. The molecule has 0 saturated carbocycles. The number of carbonyl (C=O) groups excluding carboxylic acids is 3. The molecule has 1 fully saturated rings. The summed E-state index contributed by atoms with van der Waals surface area (Å²) >= 11 is 0. The first-order valence-corrected chi connectivity index (χ1v) is 11.4. The first-order valence-electron chi connectivity index (χ1n) is 11.4. The first kappa shape index (κ1) is 24.3. The largest absolute Gasteiger partial charge is 0.488 e. The predicted octanol–water partition coefficient (Wildman–Crippen LogP) is 5.13. The van der Waals surface area contributed by atoms with Crippen molar-refractivity contribution in [3.05, 3.63) is 118 Å². The van der Waals surface area contributed by atoms with Crippen molar-refractivity contribution in [3.63, 3.8) is 0 Å². The number of amides is 4. The van der Waals surface area contributed by atoms with Crippen molar-refractivity contribution in [2.45, 2.75) is 6.61 Å². The number of hydrogen-bond acceptors (Lipinski definition) is 6. The number of non-ortho nitro benzene ring substituents is 1. The number of benzene rings is 4. The zero-order chi connectivity index (χ0) is 26.8. The molecule has 1 heterocycles. The lowest BCUT2D eigenvalue weighted by atomic mass is 9.99. The fourth-order valence-corrected chi connectivity index (χ4v) is 4.10. The summed E-state index contributed by atoms with van der Waals surface area (Å²) < 4.78 is 19.6. The van der Waals surface area contributed by atoms with Crippen molar-refractivity contribution in [1.29, 1.82) is 0 Å². The average Bonchev–Trinajstić information content (AvgIpc) is 2.90. The van der Waals surface area contributed by atoms with Crippen molar-refractivity contribution in [1.82, 2.24) is 5.32 Å². The maximum Gasteiger partial charge on any atom is 0.335 e. The number of nitrogens with zero attached hydrogens (tertiary/aromatic N) is 2. The van der Waals surface area contributed by atoms with Crippen molar-refractivity contribution in [2.24, 2.45) is 0 Å². The van der Waals surface area contributed by atoms with E-state index in [4.69, 9.17) is 4.74 Å². The summed E-state index contributed by atoms with van der Waals surface area (Å²) in [5.41, 5.74) is 0.488. The number of fused-ring (bicyclic) bond motifs is 1. The number of halogens is 1. The quantitative estimate of drug-likeness (QED) is 0.166. The van der Waals surface area contributed by atoms with Gasteiger partial charge in [-0.2, -0.15) is 0 Å². The Morgan fingerprint density at radius 3 is 2.45 bits per heavy atom. The zero-order valence-electron chi connectivity index (χ0n) is 19.6. The van der Waals surface area contributed by atoms with Gasteiger partial charge in [-0.3, -0.25) is 25.0 Å². The zero-order valence-corrected chi connectivity index (χ0v) is 19.6. The van der Waals surface area contributed by atoms with Crippen LogP contribution in [0, 0.1) is 15.9 Å². The van der Waals surface area contributed by atoms with Crippen LogP contribution in [-0.4, -0.2) is 22.8 Å². The molecule has 0 aromatic heterocycles. The third kappa shape index (κ3) is 4.70. The number of nitrogens with one attached hydrogen (secondary N) is 1. The van der Waals surface area contributed by atoms with Gasteiger partial charge in [0, 0.05) is 17.7 Å². The predicted molar refractivity (Wildman–Crippen MR) is 137 cm³/mol. The molecular formula is C28H18FN3O6. The molecule has 0 aliphatic carbocycles. The van der Waals surface area contributed by atoms with Gasteiger partial charge in [0.1, 0.15) is 23.7 Å². The Kier molecular flexibility index (Phi) is 6.36. The van der Waals surface area contributed by atoms with Gasteiger partial charge < -0.3 is 4.74 Å². The van der Waals surface area contributed by atoms with E-state index >= 15 is 0 Å². The second kappa shape index (κ2) is 9.94. The van der Waals surface area contributed by atoms with Gasteiger partial charge in [-0.15, -0.1) is 0 Å². The molecule has 0 spiro atoms. The summed E-state index contributed by atoms with van der Waals surface area (Å²) in [6, 6.07) is 20.5. The maximum atomic E-state index is 13.6. The highest BCUT2D eigenvalue weighted by Gasteiger charge is 2.37. The fourth-order valence-electron chi connectivity index (χ4n) is 4.10. The highest BCUT2D eigenvalue weighted by atomic mass is 19.1. The van der Waals surface area contributed by atoms with E-state index in [1.54, 1.807) is 30.3 Å². The monoisotopic (exact) mass is 511 g/mol. The number of imide groups is 2. The number of hydrogen-bond donors (Lipinski definition) is 1. The van der Waals surface area contributed by atoms with Gasteiger partial charge in [-0.1, -0.05) is 42.5 Å². The topological polar surface area (TPSA) is 119 Å². The van der Waals surface area contributed by atoms with E-state index in [2.05, 4.69) is 5.32 Å². The van der Waals surface area contributed by atoms with Gasteiger partial charge in [0.25, 0.3) is 17.5 Å². The third-order valence-corrected chi connectivity index (χ3v) is 5.92. The molecule has 5 rings (SSSR count).